The van der Waals surface area contributed by atoms with Crippen LogP contribution < -0.4 is 5.32 Å². The van der Waals surface area contributed by atoms with Gasteiger partial charge in [0.2, 0.25) is 0 Å². The summed E-state index contributed by atoms with van der Waals surface area (Å²) >= 11 is 0. The van der Waals surface area contributed by atoms with Gasteiger partial charge in [-0.3, -0.25) is 0 Å². The number of halogens is 1. The van der Waals surface area contributed by atoms with Crippen LogP contribution in [0.1, 0.15) is 29.0 Å². The molecule has 0 aliphatic carbocycles. The van der Waals surface area contributed by atoms with Crippen LogP contribution in [0.5, 0.6) is 0 Å². The highest BCUT2D eigenvalue weighted by Gasteiger charge is 2.10. The summed E-state index contributed by atoms with van der Waals surface area (Å²) in [6.07, 6.45) is 0. The molecule has 0 saturated carbocycles. The number of aromatic nitrogens is 2. The van der Waals surface area contributed by atoms with Crippen molar-refractivity contribution in [3.63, 3.8) is 0 Å². The fourth-order valence-corrected chi connectivity index (χ4v) is 1.70. The van der Waals surface area contributed by atoms with Crippen molar-refractivity contribution in [2.45, 2.75) is 13.0 Å². The number of nitrogens with one attached hydrogen (secondary N) is 1. The van der Waals surface area contributed by atoms with E-state index in [9.17, 15) is 9.18 Å². The number of carbonyl (C=O) groups excluding carboxylic acids is 1. The molecular formula is C14H14FN3O2. The van der Waals surface area contributed by atoms with Gasteiger partial charge in [0.15, 0.2) is 5.69 Å². The Hall–Kier alpha value is -2.50. The van der Waals surface area contributed by atoms with Gasteiger partial charge >= 0.3 is 5.97 Å². The maximum Gasteiger partial charge on any atom is 0.358 e. The number of anilines is 1. The second-order valence-electron chi connectivity index (χ2n) is 4.22. The molecule has 1 unspecified atom stereocenters. The van der Waals surface area contributed by atoms with Gasteiger partial charge < -0.3 is 10.1 Å². The Kier molecular flexibility index (Phi) is 4.24. The average molecular weight is 275 g/mol. The fraction of sp³-hybridized carbons (Fsp3) is 0.214. The number of ether oxygens (including phenoxy) is 1. The standard InChI is InChI=1S/C14H14FN3O2/c1-9(10-4-3-5-11(15)8-10)16-13-7-6-12(17-18-13)14(19)20-2/h3-9H,1-2H3,(H,16,18). The van der Waals surface area contributed by atoms with Gasteiger partial charge in [0.25, 0.3) is 0 Å². The lowest BCUT2D eigenvalue weighted by atomic mass is 10.1. The van der Waals surface area contributed by atoms with Crippen LogP contribution in [-0.4, -0.2) is 23.3 Å². The van der Waals surface area contributed by atoms with Gasteiger partial charge in [-0.15, -0.1) is 10.2 Å². The summed E-state index contributed by atoms with van der Waals surface area (Å²) in [5.41, 5.74) is 0.931. The minimum Gasteiger partial charge on any atom is -0.464 e. The quantitative estimate of drug-likeness (QED) is 0.869. The summed E-state index contributed by atoms with van der Waals surface area (Å²) in [6, 6.07) is 9.30. The summed E-state index contributed by atoms with van der Waals surface area (Å²) in [4.78, 5) is 11.2. The van der Waals surface area contributed by atoms with Crippen molar-refractivity contribution in [2.24, 2.45) is 0 Å². The molecule has 0 spiro atoms. The van der Waals surface area contributed by atoms with Crippen molar-refractivity contribution in [3.8, 4) is 0 Å². The molecule has 2 rings (SSSR count). The molecule has 0 radical (unpaired) electrons. The molecule has 0 aliphatic heterocycles. The molecule has 20 heavy (non-hydrogen) atoms. The molecule has 5 nitrogen and oxygen atoms in total. The highest BCUT2D eigenvalue weighted by Crippen LogP contribution is 2.18. The van der Waals surface area contributed by atoms with Gasteiger partial charge in [-0.25, -0.2) is 9.18 Å². The summed E-state index contributed by atoms with van der Waals surface area (Å²) in [5, 5.41) is 10.7. The lowest BCUT2D eigenvalue weighted by Crippen LogP contribution is -2.11. The number of benzene rings is 1. The smallest absolute Gasteiger partial charge is 0.358 e. The van der Waals surface area contributed by atoms with Gasteiger partial charge in [0.05, 0.1) is 13.2 Å². The molecule has 1 aromatic carbocycles. The van der Waals surface area contributed by atoms with Crippen molar-refractivity contribution in [3.05, 3.63) is 53.5 Å². The van der Waals surface area contributed by atoms with Crippen LogP contribution in [0, 0.1) is 5.82 Å². The van der Waals surface area contributed by atoms with E-state index in [1.165, 1.54) is 25.3 Å². The zero-order valence-electron chi connectivity index (χ0n) is 11.1. The highest BCUT2D eigenvalue weighted by molar-refractivity contribution is 5.86. The van der Waals surface area contributed by atoms with E-state index in [-0.39, 0.29) is 17.6 Å². The minimum atomic E-state index is -0.540. The molecule has 0 saturated heterocycles. The van der Waals surface area contributed by atoms with E-state index >= 15 is 0 Å². The fourth-order valence-electron chi connectivity index (χ4n) is 1.70. The second-order valence-corrected chi connectivity index (χ2v) is 4.22. The molecule has 0 aliphatic rings. The number of carbonyl (C=O) groups is 1. The lowest BCUT2D eigenvalue weighted by molar-refractivity contribution is 0.0593. The molecule has 1 N–H and O–H groups in total. The number of nitrogens with zero attached hydrogens (tertiary/aromatic N) is 2. The molecule has 0 fully saturated rings. The number of hydrogen-bond acceptors (Lipinski definition) is 5. The second kappa shape index (κ2) is 6.10. The predicted molar refractivity (Wildman–Crippen MR) is 71.8 cm³/mol. The Balaban J connectivity index is 2.08. The largest absolute Gasteiger partial charge is 0.464 e. The Morgan fingerprint density at radius 1 is 1.30 bits per heavy atom. The van der Waals surface area contributed by atoms with Gasteiger partial charge in [-0.1, -0.05) is 12.1 Å². The van der Waals surface area contributed by atoms with E-state index in [2.05, 4.69) is 20.3 Å². The number of methoxy groups -OCH3 is 1. The van der Waals surface area contributed by atoms with Crippen molar-refractivity contribution >= 4 is 11.8 Å². The van der Waals surface area contributed by atoms with E-state index in [1.807, 2.05) is 13.0 Å². The first kappa shape index (κ1) is 13.9. The Bertz CT molecular complexity index is 602. The zero-order chi connectivity index (χ0) is 14.5. The topological polar surface area (TPSA) is 64.1 Å². The van der Waals surface area contributed by atoms with E-state index < -0.39 is 5.97 Å². The first-order chi connectivity index (χ1) is 9.60. The molecule has 6 heteroatoms. The molecule has 0 amide bonds. The zero-order valence-corrected chi connectivity index (χ0v) is 11.1. The average Bonchev–Trinajstić information content (AvgIpc) is 2.47. The van der Waals surface area contributed by atoms with Crippen molar-refractivity contribution < 1.29 is 13.9 Å². The first-order valence-electron chi connectivity index (χ1n) is 6.04. The summed E-state index contributed by atoms with van der Waals surface area (Å²) in [7, 11) is 1.28. The highest BCUT2D eigenvalue weighted by atomic mass is 19.1. The summed E-state index contributed by atoms with van der Waals surface area (Å²) < 4.78 is 17.7. The van der Waals surface area contributed by atoms with Crippen LogP contribution >= 0.6 is 0 Å². The molecule has 0 bridgehead atoms. The maximum absolute atomic E-state index is 13.1. The molecule has 1 atom stereocenters. The normalized spacial score (nSPS) is 11.8. The van der Waals surface area contributed by atoms with Crippen LogP contribution in [0.25, 0.3) is 0 Å². The minimum absolute atomic E-state index is 0.135. The summed E-state index contributed by atoms with van der Waals surface area (Å²) in [6.45, 7) is 1.88. The number of rotatable bonds is 4. The molecule has 1 heterocycles. The van der Waals surface area contributed by atoms with Crippen molar-refractivity contribution in [1.29, 1.82) is 0 Å². The van der Waals surface area contributed by atoms with Crippen LogP contribution in [0.4, 0.5) is 10.2 Å². The number of hydrogen-bond donors (Lipinski definition) is 1. The van der Waals surface area contributed by atoms with Crippen LogP contribution in [0.3, 0.4) is 0 Å². The predicted octanol–water partition coefficient (Wildman–Crippen LogP) is 2.58. The van der Waals surface area contributed by atoms with Crippen molar-refractivity contribution in [1.82, 2.24) is 10.2 Å². The molecule has 1 aromatic heterocycles. The monoisotopic (exact) mass is 275 g/mol. The van der Waals surface area contributed by atoms with E-state index in [0.717, 1.165) is 5.56 Å². The third-order valence-corrected chi connectivity index (χ3v) is 2.77. The van der Waals surface area contributed by atoms with E-state index in [1.54, 1.807) is 12.1 Å². The van der Waals surface area contributed by atoms with Gasteiger partial charge in [0, 0.05) is 0 Å². The third-order valence-electron chi connectivity index (χ3n) is 2.77. The van der Waals surface area contributed by atoms with Crippen LogP contribution in [0.2, 0.25) is 0 Å². The maximum atomic E-state index is 13.1. The van der Waals surface area contributed by atoms with Crippen LogP contribution in [0.15, 0.2) is 36.4 Å². The van der Waals surface area contributed by atoms with Crippen LogP contribution in [-0.2, 0) is 4.74 Å². The van der Waals surface area contributed by atoms with E-state index in [0.29, 0.717) is 5.82 Å². The van der Waals surface area contributed by atoms with Gasteiger partial charge in [-0.05, 0) is 36.8 Å². The van der Waals surface area contributed by atoms with Gasteiger partial charge in [-0.2, -0.15) is 0 Å². The van der Waals surface area contributed by atoms with Crippen molar-refractivity contribution in [2.75, 3.05) is 12.4 Å². The molecule has 104 valence electrons. The SMILES string of the molecule is COC(=O)c1ccc(NC(C)c2cccc(F)c2)nn1. The third kappa shape index (κ3) is 3.28. The number of esters is 1. The molecule has 2 aromatic rings. The lowest BCUT2D eigenvalue weighted by Gasteiger charge is -2.14. The Morgan fingerprint density at radius 3 is 2.70 bits per heavy atom. The Morgan fingerprint density at radius 2 is 2.10 bits per heavy atom. The first-order valence-corrected chi connectivity index (χ1v) is 6.04. The Labute approximate surface area is 115 Å². The molecular weight excluding hydrogens is 261 g/mol. The van der Waals surface area contributed by atoms with Gasteiger partial charge in [0.1, 0.15) is 11.6 Å². The summed E-state index contributed by atoms with van der Waals surface area (Å²) in [5.74, 6) is -0.333. The van der Waals surface area contributed by atoms with E-state index in [4.69, 9.17) is 0 Å².